The fraction of sp³-hybridized carbons (Fsp3) is 0.364. The van der Waals surface area contributed by atoms with Crippen LogP contribution >= 0.6 is 0 Å². The molecular weight excluding hydrogens is 359 g/mol. The van der Waals surface area contributed by atoms with Gasteiger partial charge in [0.05, 0.1) is 13.5 Å². The summed E-state index contributed by atoms with van der Waals surface area (Å²) in [6.45, 7) is 4.46. The molecule has 0 saturated carbocycles. The van der Waals surface area contributed by atoms with Crippen molar-refractivity contribution in [3.63, 3.8) is 0 Å². The van der Waals surface area contributed by atoms with E-state index < -0.39 is 6.04 Å². The Balaban J connectivity index is 2.18. The van der Waals surface area contributed by atoms with Gasteiger partial charge in [0.25, 0.3) is 0 Å². The van der Waals surface area contributed by atoms with E-state index in [0.717, 1.165) is 17.5 Å². The molecule has 2 amide bonds. The molecule has 0 aromatic heterocycles. The van der Waals surface area contributed by atoms with E-state index in [9.17, 15) is 14.0 Å². The van der Waals surface area contributed by atoms with Crippen molar-refractivity contribution in [1.82, 2.24) is 10.2 Å². The van der Waals surface area contributed by atoms with Crippen molar-refractivity contribution in [2.45, 2.75) is 39.3 Å². The molecule has 2 aromatic rings. The van der Waals surface area contributed by atoms with E-state index in [-0.39, 0.29) is 30.6 Å². The summed E-state index contributed by atoms with van der Waals surface area (Å²) in [5, 5.41) is 2.83. The molecule has 150 valence electrons. The molecule has 0 unspecified atom stereocenters. The molecule has 0 aliphatic heterocycles. The van der Waals surface area contributed by atoms with Crippen LogP contribution < -0.4 is 10.1 Å². The molecule has 1 N–H and O–H groups in total. The Bertz CT molecular complexity index is 775. The second kappa shape index (κ2) is 10.4. The molecule has 0 radical (unpaired) electrons. The van der Waals surface area contributed by atoms with Gasteiger partial charge in [-0.2, -0.15) is 0 Å². The lowest BCUT2D eigenvalue weighted by molar-refractivity contribution is -0.140. The molecule has 6 heteroatoms. The molecule has 0 bridgehead atoms. The fourth-order valence-electron chi connectivity index (χ4n) is 2.78. The van der Waals surface area contributed by atoms with Crippen molar-refractivity contribution in [3.8, 4) is 5.75 Å². The molecule has 28 heavy (non-hydrogen) atoms. The quantitative estimate of drug-likeness (QED) is 0.719. The normalized spacial score (nSPS) is 11.6. The Morgan fingerprint density at radius 3 is 2.25 bits per heavy atom. The number of carbonyl (C=O) groups excluding carboxylic acids is 2. The predicted molar refractivity (Wildman–Crippen MR) is 106 cm³/mol. The second-order valence-electron chi connectivity index (χ2n) is 6.64. The summed E-state index contributed by atoms with van der Waals surface area (Å²) in [5.74, 6) is 0.000887. The Morgan fingerprint density at radius 1 is 1.07 bits per heavy atom. The van der Waals surface area contributed by atoms with Gasteiger partial charge >= 0.3 is 0 Å². The smallest absolute Gasteiger partial charge is 0.242 e. The molecule has 0 aliphatic rings. The van der Waals surface area contributed by atoms with E-state index in [1.54, 1.807) is 38.3 Å². The highest BCUT2D eigenvalue weighted by Gasteiger charge is 2.26. The minimum Gasteiger partial charge on any atom is -0.497 e. The van der Waals surface area contributed by atoms with E-state index >= 15 is 0 Å². The van der Waals surface area contributed by atoms with Crippen LogP contribution in [0, 0.1) is 5.82 Å². The third kappa shape index (κ3) is 6.08. The maximum Gasteiger partial charge on any atom is 0.242 e. The monoisotopic (exact) mass is 386 g/mol. The number of amides is 2. The van der Waals surface area contributed by atoms with Gasteiger partial charge in [0.1, 0.15) is 17.6 Å². The van der Waals surface area contributed by atoms with Crippen LogP contribution in [0.15, 0.2) is 48.5 Å². The number of carbonyl (C=O) groups is 2. The Morgan fingerprint density at radius 2 is 1.68 bits per heavy atom. The summed E-state index contributed by atoms with van der Waals surface area (Å²) in [5.41, 5.74) is 1.59. The zero-order chi connectivity index (χ0) is 20.5. The highest BCUT2D eigenvalue weighted by molar-refractivity contribution is 5.88. The van der Waals surface area contributed by atoms with Crippen LogP contribution in [-0.2, 0) is 22.6 Å². The van der Waals surface area contributed by atoms with Gasteiger partial charge in [-0.1, -0.05) is 31.2 Å². The van der Waals surface area contributed by atoms with E-state index in [0.29, 0.717) is 12.3 Å². The standard InChI is InChI=1S/C22H27FN2O3/c1-4-13-24-22(27)16(2)25(15-18-5-9-19(23)10-6-18)21(26)14-17-7-11-20(28-3)12-8-17/h5-12,16H,4,13-15H2,1-3H3,(H,24,27)/t16-/m0/s1. The van der Waals surface area contributed by atoms with E-state index in [4.69, 9.17) is 4.74 Å². The third-order valence-corrected chi connectivity index (χ3v) is 4.50. The minimum atomic E-state index is -0.637. The number of methoxy groups -OCH3 is 1. The molecule has 5 nitrogen and oxygen atoms in total. The van der Waals surface area contributed by atoms with Crippen LogP contribution in [0.4, 0.5) is 4.39 Å². The first kappa shape index (κ1) is 21.4. The number of hydrogen-bond acceptors (Lipinski definition) is 3. The fourth-order valence-corrected chi connectivity index (χ4v) is 2.78. The van der Waals surface area contributed by atoms with Gasteiger partial charge in [-0.3, -0.25) is 9.59 Å². The highest BCUT2D eigenvalue weighted by Crippen LogP contribution is 2.15. The summed E-state index contributed by atoms with van der Waals surface area (Å²) in [4.78, 5) is 27.0. The van der Waals surface area contributed by atoms with Crippen LogP contribution in [-0.4, -0.2) is 36.4 Å². The summed E-state index contributed by atoms with van der Waals surface area (Å²) in [6.07, 6.45) is 0.979. The molecule has 0 spiro atoms. The lowest BCUT2D eigenvalue weighted by Gasteiger charge is -2.29. The maximum absolute atomic E-state index is 13.2. The van der Waals surface area contributed by atoms with Gasteiger partial charge in [0, 0.05) is 13.1 Å². The van der Waals surface area contributed by atoms with Crippen molar-refractivity contribution < 1.29 is 18.7 Å². The third-order valence-electron chi connectivity index (χ3n) is 4.50. The first-order chi connectivity index (χ1) is 13.4. The van der Waals surface area contributed by atoms with Crippen LogP contribution in [0.2, 0.25) is 0 Å². The lowest BCUT2D eigenvalue weighted by atomic mass is 10.1. The number of nitrogens with zero attached hydrogens (tertiary/aromatic N) is 1. The van der Waals surface area contributed by atoms with Crippen LogP contribution in [0.3, 0.4) is 0 Å². The zero-order valence-corrected chi connectivity index (χ0v) is 16.6. The highest BCUT2D eigenvalue weighted by atomic mass is 19.1. The topological polar surface area (TPSA) is 58.6 Å². The van der Waals surface area contributed by atoms with Crippen molar-refractivity contribution >= 4 is 11.8 Å². The van der Waals surface area contributed by atoms with E-state index in [2.05, 4.69) is 5.32 Å². The van der Waals surface area contributed by atoms with Gasteiger partial charge in [-0.25, -0.2) is 4.39 Å². The van der Waals surface area contributed by atoms with Crippen molar-refractivity contribution in [2.75, 3.05) is 13.7 Å². The van der Waals surface area contributed by atoms with Crippen molar-refractivity contribution in [3.05, 3.63) is 65.5 Å². The molecule has 2 aromatic carbocycles. The molecule has 0 saturated heterocycles. The van der Waals surface area contributed by atoms with E-state index in [1.807, 2.05) is 19.1 Å². The van der Waals surface area contributed by atoms with Gasteiger partial charge in [0.15, 0.2) is 0 Å². The van der Waals surface area contributed by atoms with Gasteiger partial charge < -0.3 is 15.0 Å². The summed E-state index contributed by atoms with van der Waals surface area (Å²) in [7, 11) is 1.58. The number of nitrogens with one attached hydrogen (secondary N) is 1. The Labute approximate surface area is 165 Å². The minimum absolute atomic E-state index is 0.163. The second-order valence-corrected chi connectivity index (χ2v) is 6.64. The molecule has 0 aliphatic carbocycles. The van der Waals surface area contributed by atoms with Crippen molar-refractivity contribution in [2.24, 2.45) is 0 Å². The molecule has 1 atom stereocenters. The summed E-state index contributed by atoms with van der Waals surface area (Å²) >= 11 is 0. The van der Waals surface area contributed by atoms with E-state index in [1.165, 1.54) is 17.0 Å². The first-order valence-electron chi connectivity index (χ1n) is 9.39. The molecular formula is C22H27FN2O3. The van der Waals surface area contributed by atoms with Crippen molar-refractivity contribution in [1.29, 1.82) is 0 Å². The summed E-state index contributed by atoms with van der Waals surface area (Å²) in [6, 6.07) is 12.6. The number of rotatable bonds is 9. The average Bonchev–Trinajstić information content (AvgIpc) is 2.71. The SMILES string of the molecule is CCCNC(=O)[C@H](C)N(Cc1ccc(F)cc1)C(=O)Cc1ccc(OC)cc1. The number of ether oxygens (including phenoxy) is 1. The predicted octanol–water partition coefficient (Wildman–Crippen LogP) is 3.32. The number of hydrogen-bond donors (Lipinski definition) is 1. The average molecular weight is 386 g/mol. The summed E-state index contributed by atoms with van der Waals surface area (Å²) < 4.78 is 18.3. The van der Waals surface area contributed by atoms with Gasteiger partial charge in [0.2, 0.25) is 11.8 Å². The zero-order valence-electron chi connectivity index (χ0n) is 16.6. The molecule has 0 heterocycles. The van der Waals surface area contributed by atoms with Crippen LogP contribution in [0.1, 0.15) is 31.4 Å². The first-order valence-corrected chi connectivity index (χ1v) is 9.39. The lowest BCUT2D eigenvalue weighted by Crippen LogP contribution is -2.48. The van der Waals surface area contributed by atoms with Crippen LogP contribution in [0.25, 0.3) is 0 Å². The Hall–Kier alpha value is -2.89. The van der Waals surface area contributed by atoms with Gasteiger partial charge in [-0.05, 0) is 48.7 Å². The Kier molecular flexibility index (Phi) is 7.99. The van der Waals surface area contributed by atoms with Gasteiger partial charge in [-0.15, -0.1) is 0 Å². The largest absolute Gasteiger partial charge is 0.497 e. The van der Waals surface area contributed by atoms with Crippen LogP contribution in [0.5, 0.6) is 5.75 Å². The number of benzene rings is 2. The molecule has 0 fully saturated rings. The molecule has 2 rings (SSSR count). The maximum atomic E-state index is 13.2. The number of halogens is 1.